The highest BCUT2D eigenvalue weighted by Gasteiger charge is 2.11. The highest BCUT2D eigenvalue weighted by molar-refractivity contribution is 5.84. The maximum Gasteiger partial charge on any atom is 0.180 e. The summed E-state index contributed by atoms with van der Waals surface area (Å²) in [4.78, 5) is 13.3. The first kappa shape index (κ1) is 13.7. The topological polar surface area (TPSA) is 83.8 Å². The number of hydrogen-bond donors (Lipinski definition) is 2. The van der Waals surface area contributed by atoms with Crippen molar-refractivity contribution in [2.75, 3.05) is 5.32 Å². The molecule has 5 rings (SSSR count). The molecular formula is C18H13N7. The lowest BCUT2D eigenvalue weighted by atomic mass is 10.2. The number of benzene rings is 1. The highest BCUT2D eigenvalue weighted by Crippen LogP contribution is 2.25. The van der Waals surface area contributed by atoms with Gasteiger partial charge in [0.2, 0.25) is 0 Å². The Bertz CT molecular complexity index is 1170. The molecule has 2 N–H and O–H groups in total. The lowest BCUT2D eigenvalue weighted by Gasteiger charge is -2.08. The van der Waals surface area contributed by atoms with Crippen LogP contribution in [0.1, 0.15) is 0 Å². The third-order valence-corrected chi connectivity index (χ3v) is 4.09. The Balaban J connectivity index is 1.58. The van der Waals surface area contributed by atoms with Crippen LogP contribution in [0.5, 0.6) is 0 Å². The Labute approximate surface area is 142 Å². The minimum Gasteiger partial charge on any atom is -0.337 e. The molecule has 1 aromatic carbocycles. The van der Waals surface area contributed by atoms with E-state index in [0.29, 0.717) is 5.82 Å². The van der Waals surface area contributed by atoms with Crippen molar-refractivity contribution in [1.29, 1.82) is 0 Å². The van der Waals surface area contributed by atoms with Crippen molar-refractivity contribution in [2.45, 2.75) is 0 Å². The van der Waals surface area contributed by atoms with E-state index in [0.717, 1.165) is 33.5 Å². The Morgan fingerprint density at radius 2 is 2.00 bits per heavy atom. The molecule has 0 amide bonds. The monoisotopic (exact) mass is 327 g/mol. The molecule has 0 saturated carbocycles. The van der Waals surface area contributed by atoms with Crippen LogP contribution in [-0.4, -0.2) is 29.5 Å². The molecule has 4 heterocycles. The third-order valence-electron chi connectivity index (χ3n) is 4.09. The summed E-state index contributed by atoms with van der Waals surface area (Å²) < 4.78 is 1.99. The maximum atomic E-state index is 4.52. The minimum absolute atomic E-state index is 0.695. The van der Waals surface area contributed by atoms with Gasteiger partial charge >= 0.3 is 0 Å². The molecule has 0 aliphatic carbocycles. The van der Waals surface area contributed by atoms with E-state index in [-0.39, 0.29) is 0 Å². The number of aromatic amines is 1. The van der Waals surface area contributed by atoms with Crippen LogP contribution < -0.4 is 5.32 Å². The normalized spacial score (nSPS) is 11.2. The number of nitrogens with one attached hydrogen (secondary N) is 2. The second kappa shape index (κ2) is 5.41. The molecule has 0 fully saturated rings. The van der Waals surface area contributed by atoms with Crippen molar-refractivity contribution in [3.63, 3.8) is 0 Å². The van der Waals surface area contributed by atoms with Gasteiger partial charge in [0.05, 0.1) is 23.6 Å². The fraction of sp³-hybridized carbons (Fsp3) is 0. The van der Waals surface area contributed by atoms with Crippen molar-refractivity contribution in [3.8, 4) is 11.3 Å². The van der Waals surface area contributed by atoms with Crippen LogP contribution >= 0.6 is 0 Å². The number of aromatic nitrogens is 6. The molecule has 0 saturated heterocycles. The van der Waals surface area contributed by atoms with E-state index in [1.165, 1.54) is 0 Å². The number of rotatable bonds is 3. The van der Waals surface area contributed by atoms with Gasteiger partial charge in [-0.1, -0.05) is 6.07 Å². The lowest BCUT2D eigenvalue weighted by molar-refractivity contribution is 1.09. The summed E-state index contributed by atoms with van der Waals surface area (Å²) in [6, 6.07) is 9.99. The smallest absolute Gasteiger partial charge is 0.180 e. The summed E-state index contributed by atoms with van der Waals surface area (Å²) in [5, 5.41) is 11.2. The molecule has 0 aliphatic rings. The molecule has 0 aliphatic heterocycles. The quantitative estimate of drug-likeness (QED) is 0.530. The van der Waals surface area contributed by atoms with Gasteiger partial charge in [-0.05, 0) is 24.3 Å². The maximum absolute atomic E-state index is 4.52. The van der Waals surface area contributed by atoms with E-state index in [1.807, 2.05) is 53.3 Å². The number of imidazole rings is 1. The SMILES string of the molecule is c1cnc2ccc(Nc3nccn4c(-c5cn[nH]c5)cnc34)cc2c1. The van der Waals surface area contributed by atoms with Crippen molar-refractivity contribution >= 4 is 28.1 Å². The van der Waals surface area contributed by atoms with Gasteiger partial charge in [0, 0.05) is 41.4 Å². The summed E-state index contributed by atoms with van der Waals surface area (Å²) in [5.74, 6) is 0.695. The zero-order valence-electron chi connectivity index (χ0n) is 13.1. The molecule has 7 nitrogen and oxygen atoms in total. The zero-order chi connectivity index (χ0) is 16.6. The third kappa shape index (κ3) is 2.29. The van der Waals surface area contributed by atoms with Crippen molar-refractivity contribution < 1.29 is 0 Å². The standard InChI is InChI=1S/C18H13N7/c1-2-12-8-14(3-4-15(12)19-5-1)24-17-18-21-11-16(13-9-22-23-10-13)25(18)7-6-20-17/h1-11H,(H,20,24)(H,22,23). The summed E-state index contributed by atoms with van der Waals surface area (Å²) in [6.45, 7) is 0. The van der Waals surface area contributed by atoms with Gasteiger partial charge in [-0.3, -0.25) is 14.5 Å². The van der Waals surface area contributed by atoms with Crippen molar-refractivity contribution in [3.05, 3.63) is 67.5 Å². The number of H-pyrrole nitrogens is 1. The molecule has 5 aromatic rings. The average molecular weight is 327 g/mol. The molecule has 4 aromatic heterocycles. The van der Waals surface area contributed by atoms with Gasteiger partial charge in [-0.25, -0.2) is 9.97 Å². The second-order valence-electron chi connectivity index (χ2n) is 5.64. The van der Waals surface area contributed by atoms with Crippen LogP contribution in [0.3, 0.4) is 0 Å². The van der Waals surface area contributed by atoms with Crippen LogP contribution in [0.15, 0.2) is 67.5 Å². The average Bonchev–Trinajstić information content (AvgIpc) is 3.31. The predicted octanol–water partition coefficient (Wildman–Crippen LogP) is 3.41. The van der Waals surface area contributed by atoms with Crippen LogP contribution in [0.25, 0.3) is 27.8 Å². The van der Waals surface area contributed by atoms with Gasteiger partial charge in [-0.2, -0.15) is 5.10 Å². The Morgan fingerprint density at radius 3 is 2.92 bits per heavy atom. The molecule has 0 radical (unpaired) electrons. The van der Waals surface area contributed by atoms with E-state index in [2.05, 4.69) is 30.5 Å². The first-order valence-corrected chi connectivity index (χ1v) is 7.81. The lowest BCUT2D eigenvalue weighted by Crippen LogP contribution is -1.98. The number of nitrogens with zero attached hydrogens (tertiary/aromatic N) is 5. The van der Waals surface area contributed by atoms with E-state index in [1.54, 1.807) is 18.6 Å². The first-order valence-electron chi connectivity index (χ1n) is 7.81. The first-order chi connectivity index (χ1) is 12.4. The summed E-state index contributed by atoms with van der Waals surface area (Å²) in [5.41, 5.74) is 4.58. The van der Waals surface area contributed by atoms with E-state index >= 15 is 0 Å². The molecule has 0 atom stereocenters. The van der Waals surface area contributed by atoms with Crippen LogP contribution in [0, 0.1) is 0 Å². The Kier molecular flexibility index (Phi) is 2.96. The number of pyridine rings is 1. The van der Waals surface area contributed by atoms with E-state index in [9.17, 15) is 0 Å². The molecule has 0 spiro atoms. The second-order valence-corrected chi connectivity index (χ2v) is 5.64. The van der Waals surface area contributed by atoms with Crippen molar-refractivity contribution in [2.24, 2.45) is 0 Å². The van der Waals surface area contributed by atoms with Crippen LogP contribution in [-0.2, 0) is 0 Å². The molecular weight excluding hydrogens is 314 g/mol. The largest absolute Gasteiger partial charge is 0.337 e. The van der Waals surface area contributed by atoms with Gasteiger partial charge in [0.1, 0.15) is 0 Å². The highest BCUT2D eigenvalue weighted by atomic mass is 15.1. The van der Waals surface area contributed by atoms with Gasteiger partial charge in [-0.15, -0.1) is 0 Å². The molecule has 7 heteroatoms. The van der Waals surface area contributed by atoms with Gasteiger partial charge in [0.25, 0.3) is 0 Å². The van der Waals surface area contributed by atoms with Crippen molar-refractivity contribution in [1.82, 2.24) is 29.5 Å². The summed E-state index contributed by atoms with van der Waals surface area (Å²) >= 11 is 0. The summed E-state index contributed by atoms with van der Waals surface area (Å²) in [6.07, 6.45) is 10.9. The Hall–Kier alpha value is -3.74. The van der Waals surface area contributed by atoms with E-state index < -0.39 is 0 Å². The minimum atomic E-state index is 0.695. The predicted molar refractivity (Wildman–Crippen MR) is 95.6 cm³/mol. The molecule has 25 heavy (non-hydrogen) atoms. The van der Waals surface area contributed by atoms with Crippen LogP contribution in [0.2, 0.25) is 0 Å². The fourth-order valence-electron chi connectivity index (χ4n) is 2.90. The zero-order valence-corrected chi connectivity index (χ0v) is 13.1. The molecule has 120 valence electrons. The number of hydrogen-bond acceptors (Lipinski definition) is 5. The summed E-state index contributed by atoms with van der Waals surface area (Å²) in [7, 11) is 0. The molecule has 0 bridgehead atoms. The number of anilines is 2. The number of fused-ring (bicyclic) bond motifs is 2. The van der Waals surface area contributed by atoms with Crippen LogP contribution in [0.4, 0.5) is 11.5 Å². The van der Waals surface area contributed by atoms with Gasteiger partial charge < -0.3 is 5.32 Å². The molecule has 0 unspecified atom stereocenters. The Morgan fingerprint density at radius 1 is 1.00 bits per heavy atom. The fourth-order valence-corrected chi connectivity index (χ4v) is 2.90. The van der Waals surface area contributed by atoms with E-state index in [4.69, 9.17) is 0 Å². The van der Waals surface area contributed by atoms with Gasteiger partial charge in [0.15, 0.2) is 11.5 Å².